The highest BCUT2D eigenvalue weighted by atomic mass is 16.5. The van der Waals surface area contributed by atoms with Gasteiger partial charge in [0, 0.05) is 53.3 Å². The van der Waals surface area contributed by atoms with E-state index < -0.39 is 0 Å². The molecule has 29 heavy (non-hydrogen) atoms. The lowest BCUT2D eigenvalue weighted by Crippen LogP contribution is -2.36. The lowest BCUT2D eigenvalue weighted by Gasteiger charge is -2.27. The summed E-state index contributed by atoms with van der Waals surface area (Å²) in [5, 5.41) is 1.90. The molecule has 2 aromatic heterocycles. The fourth-order valence-corrected chi connectivity index (χ4v) is 4.08. The van der Waals surface area contributed by atoms with Gasteiger partial charge in [0.25, 0.3) is 5.91 Å². The number of hydrogen-bond donors (Lipinski definition) is 1. The number of carbonyl (C=O) groups is 2. The summed E-state index contributed by atoms with van der Waals surface area (Å²) >= 11 is 0. The van der Waals surface area contributed by atoms with Crippen molar-refractivity contribution in [2.24, 2.45) is 0 Å². The predicted molar refractivity (Wildman–Crippen MR) is 110 cm³/mol. The summed E-state index contributed by atoms with van der Waals surface area (Å²) in [6, 6.07) is 15.0. The largest absolute Gasteiger partial charge is 0.465 e. The Morgan fingerprint density at radius 2 is 2.00 bits per heavy atom. The van der Waals surface area contributed by atoms with Crippen molar-refractivity contribution in [1.29, 1.82) is 0 Å². The van der Waals surface area contributed by atoms with E-state index in [-0.39, 0.29) is 11.9 Å². The molecule has 5 rings (SSSR count). The Labute approximate surface area is 167 Å². The number of benzene rings is 2. The highest BCUT2D eigenvalue weighted by Crippen LogP contribution is 2.30. The van der Waals surface area contributed by atoms with Crippen LogP contribution in [-0.2, 0) is 17.7 Å². The second kappa shape index (κ2) is 6.74. The van der Waals surface area contributed by atoms with Crippen molar-refractivity contribution in [2.45, 2.75) is 13.0 Å². The molecule has 4 aromatic rings. The van der Waals surface area contributed by atoms with Crippen LogP contribution in [-0.4, -0.2) is 40.4 Å². The first-order valence-electron chi connectivity index (χ1n) is 9.50. The number of aromatic amines is 1. The molecule has 0 fully saturated rings. The smallest absolute Gasteiger partial charge is 0.337 e. The Balaban J connectivity index is 1.53. The van der Waals surface area contributed by atoms with Crippen LogP contribution in [0.5, 0.6) is 0 Å². The number of ether oxygens (including phenoxy) is 1. The Kier molecular flexibility index (Phi) is 4.05. The van der Waals surface area contributed by atoms with Gasteiger partial charge in [-0.15, -0.1) is 0 Å². The van der Waals surface area contributed by atoms with E-state index in [2.05, 4.69) is 9.97 Å². The molecule has 1 amide bonds. The minimum Gasteiger partial charge on any atom is -0.465 e. The third kappa shape index (κ3) is 2.84. The first-order chi connectivity index (χ1) is 14.2. The van der Waals surface area contributed by atoms with Gasteiger partial charge in [0.1, 0.15) is 0 Å². The van der Waals surface area contributed by atoms with E-state index in [1.165, 1.54) is 7.11 Å². The minimum absolute atomic E-state index is 0.0292. The Bertz CT molecular complexity index is 1270. The number of pyridine rings is 1. The molecule has 144 valence electrons. The molecule has 0 bridgehead atoms. The lowest BCUT2D eigenvalue weighted by molar-refractivity contribution is 0.0600. The zero-order chi connectivity index (χ0) is 20.0. The Morgan fingerprint density at radius 1 is 1.14 bits per heavy atom. The summed E-state index contributed by atoms with van der Waals surface area (Å²) in [5.41, 5.74) is 4.97. The zero-order valence-corrected chi connectivity index (χ0v) is 15.9. The maximum Gasteiger partial charge on any atom is 0.337 e. The monoisotopic (exact) mass is 385 g/mol. The number of fused-ring (bicyclic) bond motifs is 4. The molecule has 0 spiro atoms. The van der Waals surface area contributed by atoms with E-state index in [0.717, 1.165) is 39.5 Å². The molecule has 1 aliphatic heterocycles. The number of nitrogens with one attached hydrogen (secondary N) is 1. The van der Waals surface area contributed by atoms with Crippen LogP contribution in [0.4, 0.5) is 0 Å². The van der Waals surface area contributed by atoms with E-state index in [1.807, 2.05) is 47.4 Å². The predicted octanol–water partition coefficient (Wildman–Crippen LogP) is 3.70. The fourth-order valence-electron chi connectivity index (χ4n) is 4.08. The lowest BCUT2D eigenvalue weighted by atomic mass is 10.0. The van der Waals surface area contributed by atoms with Gasteiger partial charge in [-0.05, 0) is 30.3 Å². The molecule has 6 nitrogen and oxygen atoms in total. The van der Waals surface area contributed by atoms with Crippen molar-refractivity contribution in [2.75, 3.05) is 13.7 Å². The highest BCUT2D eigenvalue weighted by molar-refractivity contribution is 6.05. The van der Waals surface area contributed by atoms with Crippen LogP contribution in [0.2, 0.25) is 0 Å². The van der Waals surface area contributed by atoms with Gasteiger partial charge < -0.3 is 14.6 Å². The number of aromatic nitrogens is 2. The summed E-state index contributed by atoms with van der Waals surface area (Å²) in [6.45, 7) is 1.12. The van der Waals surface area contributed by atoms with E-state index in [9.17, 15) is 9.59 Å². The molecule has 0 aliphatic carbocycles. The quantitative estimate of drug-likeness (QED) is 0.534. The van der Waals surface area contributed by atoms with Crippen molar-refractivity contribution in [3.63, 3.8) is 0 Å². The summed E-state index contributed by atoms with van der Waals surface area (Å²) in [5.74, 6) is -0.397. The molecule has 1 aliphatic rings. The Hall–Kier alpha value is -3.67. The normalized spacial score (nSPS) is 13.5. The van der Waals surface area contributed by atoms with Crippen molar-refractivity contribution >= 4 is 33.7 Å². The zero-order valence-electron chi connectivity index (χ0n) is 15.9. The molecule has 3 heterocycles. The van der Waals surface area contributed by atoms with E-state index >= 15 is 0 Å². The maximum absolute atomic E-state index is 13.3. The van der Waals surface area contributed by atoms with Gasteiger partial charge >= 0.3 is 5.97 Å². The fraction of sp³-hybridized carbons (Fsp3) is 0.174. The molecular formula is C23H19N3O3. The van der Waals surface area contributed by atoms with E-state index in [4.69, 9.17) is 4.74 Å². The van der Waals surface area contributed by atoms with Crippen LogP contribution in [0.15, 0.2) is 54.7 Å². The average molecular weight is 385 g/mol. The number of esters is 1. The SMILES string of the molecule is COC(=O)c1ccc2[nH]c3c(c2c1)CN(C(=O)c1cccc2cccnc12)CC3. The van der Waals surface area contributed by atoms with Crippen molar-refractivity contribution in [3.05, 3.63) is 77.1 Å². The molecule has 0 saturated carbocycles. The third-order valence-electron chi connectivity index (χ3n) is 5.55. The number of carbonyl (C=O) groups excluding carboxylic acids is 2. The van der Waals surface area contributed by atoms with Gasteiger partial charge in [-0.2, -0.15) is 0 Å². The summed E-state index contributed by atoms with van der Waals surface area (Å²) in [6.07, 6.45) is 2.45. The molecule has 2 aromatic carbocycles. The molecule has 0 radical (unpaired) electrons. The van der Waals surface area contributed by atoms with Crippen molar-refractivity contribution < 1.29 is 14.3 Å². The first kappa shape index (κ1) is 17.4. The molecule has 1 N–H and O–H groups in total. The molecule has 0 unspecified atom stereocenters. The molecular weight excluding hydrogens is 366 g/mol. The van der Waals surface area contributed by atoms with Crippen LogP contribution in [0, 0.1) is 0 Å². The van der Waals surface area contributed by atoms with Gasteiger partial charge in [0.2, 0.25) is 0 Å². The number of nitrogens with zero attached hydrogens (tertiary/aromatic N) is 2. The van der Waals surface area contributed by atoms with Crippen LogP contribution in [0.1, 0.15) is 32.0 Å². The average Bonchev–Trinajstić information content (AvgIpc) is 3.14. The van der Waals surface area contributed by atoms with Gasteiger partial charge in [-0.25, -0.2) is 4.79 Å². The number of H-pyrrole nitrogens is 1. The van der Waals surface area contributed by atoms with E-state index in [1.54, 1.807) is 12.3 Å². The number of methoxy groups -OCH3 is 1. The van der Waals surface area contributed by atoms with Crippen LogP contribution >= 0.6 is 0 Å². The van der Waals surface area contributed by atoms with Crippen LogP contribution in [0.3, 0.4) is 0 Å². The highest BCUT2D eigenvalue weighted by Gasteiger charge is 2.26. The van der Waals surface area contributed by atoms with Gasteiger partial charge in [-0.3, -0.25) is 9.78 Å². The van der Waals surface area contributed by atoms with Crippen molar-refractivity contribution in [3.8, 4) is 0 Å². The van der Waals surface area contributed by atoms with Crippen molar-refractivity contribution in [1.82, 2.24) is 14.9 Å². The van der Waals surface area contributed by atoms with Crippen LogP contribution < -0.4 is 0 Å². The summed E-state index contributed by atoms with van der Waals surface area (Å²) in [7, 11) is 1.37. The van der Waals surface area contributed by atoms with Gasteiger partial charge in [0.05, 0.1) is 23.8 Å². The molecule has 6 heteroatoms. The minimum atomic E-state index is -0.368. The molecule has 0 atom stereocenters. The standard InChI is InChI=1S/C23H19N3O3/c1-29-23(28)15-7-8-19-17(12-15)18-13-26(11-9-20(18)25-19)22(27)16-6-2-4-14-5-3-10-24-21(14)16/h2-8,10,12,25H,9,11,13H2,1H3. The first-order valence-corrected chi connectivity index (χ1v) is 9.50. The van der Waals surface area contributed by atoms with Crippen LogP contribution in [0.25, 0.3) is 21.8 Å². The molecule has 0 saturated heterocycles. The number of rotatable bonds is 2. The number of hydrogen-bond acceptors (Lipinski definition) is 4. The maximum atomic E-state index is 13.3. The number of amides is 1. The van der Waals surface area contributed by atoms with Gasteiger partial charge in [0.15, 0.2) is 0 Å². The third-order valence-corrected chi connectivity index (χ3v) is 5.55. The Morgan fingerprint density at radius 3 is 2.86 bits per heavy atom. The summed E-state index contributed by atoms with van der Waals surface area (Å²) < 4.78 is 4.84. The second-order valence-corrected chi connectivity index (χ2v) is 7.19. The number of para-hydroxylation sites is 1. The summed E-state index contributed by atoms with van der Waals surface area (Å²) in [4.78, 5) is 34.9. The second-order valence-electron chi connectivity index (χ2n) is 7.19. The topological polar surface area (TPSA) is 75.3 Å². The van der Waals surface area contributed by atoms with Gasteiger partial charge in [-0.1, -0.05) is 18.2 Å². The van der Waals surface area contributed by atoms with E-state index in [0.29, 0.717) is 24.2 Å².